The Balaban J connectivity index is 0.00000135. The first-order chi connectivity index (χ1) is 19.2. The highest BCUT2D eigenvalue weighted by Crippen LogP contribution is 2.63. The first kappa shape index (κ1) is 26.7. The largest absolute Gasteiger partial charge is 0.426 e. The Morgan fingerprint density at radius 3 is 2.44 bits per heavy atom. The molecule has 1 saturated carbocycles. The number of hydrogen-bond acceptors (Lipinski definition) is 6. The molecule has 1 aliphatic carbocycles. The lowest BCUT2D eigenvalue weighted by molar-refractivity contribution is -0.393. The molecule has 5 heterocycles. The van der Waals surface area contributed by atoms with Crippen LogP contribution in [0.5, 0.6) is 0 Å². The highest BCUT2D eigenvalue weighted by molar-refractivity contribution is 5.78. The van der Waals surface area contributed by atoms with Gasteiger partial charge in [-0.25, -0.2) is 0 Å². The summed E-state index contributed by atoms with van der Waals surface area (Å²) in [5, 5.41) is 16.4. The van der Waals surface area contributed by atoms with Crippen LogP contribution in [0.15, 0.2) is 12.1 Å². The van der Waals surface area contributed by atoms with E-state index in [1.54, 1.807) is 23.9 Å². The van der Waals surface area contributed by atoms with Crippen molar-refractivity contribution in [3.05, 3.63) is 45.5 Å². The van der Waals surface area contributed by atoms with E-state index in [-0.39, 0.29) is 0 Å². The second kappa shape index (κ2) is 10.8. The molecule has 2 aromatic carbocycles. The van der Waals surface area contributed by atoms with Gasteiger partial charge in [-0.3, -0.25) is 9.90 Å². The number of hydroxylamine groups is 1. The van der Waals surface area contributed by atoms with E-state index in [4.69, 9.17) is 14.7 Å². The number of benzene rings is 2. The Morgan fingerprint density at radius 2 is 1.74 bits per heavy atom. The van der Waals surface area contributed by atoms with Crippen LogP contribution in [0.4, 0.5) is 22.7 Å². The van der Waals surface area contributed by atoms with Gasteiger partial charge in [0, 0.05) is 63.5 Å². The van der Waals surface area contributed by atoms with Gasteiger partial charge in [0.15, 0.2) is 12.2 Å². The number of aliphatic hydroxyl groups is 3. The zero-order valence-electron chi connectivity index (χ0n) is 24.4. The minimum atomic E-state index is 0.374. The molecule has 0 spiro atoms. The zero-order chi connectivity index (χ0) is 27.3. The van der Waals surface area contributed by atoms with Crippen molar-refractivity contribution in [1.82, 2.24) is 0 Å². The molecule has 0 aromatic heterocycles. The maximum absolute atomic E-state index is 7.00. The number of nitrogens with zero attached hydrogens (tertiary/aromatic N) is 2. The molecule has 2 bridgehead atoms. The first-order valence-corrected chi connectivity index (χ1v) is 15.1. The van der Waals surface area contributed by atoms with Crippen molar-refractivity contribution in [3.63, 3.8) is 0 Å². The van der Waals surface area contributed by atoms with E-state index in [1.165, 1.54) is 90.9 Å². The van der Waals surface area contributed by atoms with E-state index < -0.39 is 0 Å². The maximum atomic E-state index is 7.00. The topological polar surface area (TPSA) is 72.8 Å². The van der Waals surface area contributed by atoms with Crippen molar-refractivity contribution in [1.29, 1.82) is 0 Å². The average Bonchev–Trinajstić information content (AvgIpc) is 2.93. The van der Waals surface area contributed by atoms with Gasteiger partial charge in [-0.05, 0) is 72.8 Å². The van der Waals surface area contributed by atoms with E-state index in [2.05, 4.69) is 48.7 Å². The van der Waals surface area contributed by atoms with Gasteiger partial charge in [0.1, 0.15) is 11.8 Å². The summed E-state index contributed by atoms with van der Waals surface area (Å²) < 4.78 is 5.16. The molecular weight excluding hydrogens is 488 g/mol. The zero-order valence-corrected chi connectivity index (χ0v) is 24.4. The molecule has 7 heteroatoms. The summed E-state index contributed by atoms with van der Waals surface area (Å²) in [5.41, 5.74) is 14.7. The van der Waals surface area contributed by atoms with Gasteiger partial charge in [-0.15, -0.1) is 0 Å². The van der Waals surface area contributed by atoms with Gasteiger partial charge in [0.05, 0.1) is 12.8 Å². The first-order valence-electron chi connectivity index (χ1n) is 15.1. The lowest BCUT2D eigenvalue weighted by atomic mass is 9.56. The molecule has 2 atom stereocenters. The number of aryl methyl sites for hydroxylation is 2. The number of ether oxygens (including phenoxy) is 1. The third-order valence-corrected chi connectivity index (χ3v) is 9.86. The van der Waals surface area contributed by atoms with Gasteiger partial charge in [-0.2, -0.15) is 0 Å². The quantitative estimate of drug-likeness (QED) is 0.358. The Kier molecular flexibility index (Phi) is 7.42. The fourth-order valence-corrected chi connectivity index (χ4v) is 8.19. The lowest BCUT2D eigenvalue weighted by Crippen LogP contribution is -2.71. The molecule has 7 nitrogen and oxygen atoms in total. The molecule has 2 unspecified atom stereocenters. The monoisotopic (exact) mass is 535 g/mol. The number of aliphatic hydroxyl groups excluding tert-OH is 1. The minimum absolute atomic E-state index is 0.374. The molecule has 0 amide bonds. The number of hydrogen-bond donors (Lipinski definition) is 3. The molecule has 2 saturated heterocycles. The van der Waals surface area contributed by atoms with Crippen LogP contribution in [0.25, 0.3) is 0 Å². The van der Waals surface area contributed by atoms with Crippen LogP contribution in [0.2, 0.25) is 0 Å². The summed E-state index contributed by atoms with van der Waals surface area (Å²) in [6.07, 6.45) is 10.3. The minimum Gasteiger partial charge on any atom is -0.426 e. The number of fused-ring (bicyclic) bond motifs is 1. The standard InChI is InChI=1S/C31H42N4O2.CH4O/c1-5-9-20-26-18(10-6-13-33-26)16-23(29(20)34(3)36-4)25-30-24(31(25)37-30)22-17-19-11-7-14-35-15-8-12-21(28(19)35)27(22)32-2;1-2/h16-17,24-25,30-33H,5-15H2,1-4H3;2H,1H3/p+1. The second-order valence-electron chi connectivity index (χ2n) is 11.7. The van der Waals surface area contributed by atoms with Gasteiger partial charge in [0.2, 0.25) is 0 Å². The van der Waals surface area contributed by atoms with E-state index in [9.17, 15) is 0 Å². The summed E-state index contributed by atoms with van der Waals surface area (Å²) >= 11 is 0. The van der Waals surface area contributed by atoms with E-state index in [1.807, 2.05) is 5.06 Å². The molecule has 8 rings (SSSR count). The predicted molar refractivity (Wildman–Crippen MR) is 161 cm³/mol. The molecule has 4 N–H and O–H groups in total. The molecule has 3 fully saturated rings. The molecular formula is C32H47N4O3+. The number of rotatable bonds is 7. The fourth-order valence-electron chi connectivity index (χ4n) is 8.19. The van der Waals surface area contributed by atoms with Gasteiger partial charge < -0.3 is 25.4 Å². The van der Waals surface area contributed by atoms with Crippen LogP contribution >= 0.6 is 0 Å². The summed E-state index contributed by atoms with van der Waals surface area (Å²) in [6.45, 7) is 5.79. The summed E-state index contributed by atoms with van der Waals surface area (Å²) in [6, 6.07) is 5.08. The van der Waals surface area contributed by atoms with Crippen LogP contribution in [-0.2, 0) is 30.5 Å². The molecule has 6 aliphatic rings. The Bertz CT molecular complexity index is 1220. The maximum Gasteiger partial charge on any atom is 0.184 e. The number of anilines is 4. The van der Waals surface area contributed by atoms with E-state index in [0.29, 0.717) is 24.0 Å². The summed E-state index contributed by atoms with van der Waals surface area (Å²) in [7, 11) is 7.00. The van der Waals surface area contributed by atoms with E-state index >= 15 is 0 Å². The predicted octanol–water partition coefficient (Wildman–Crippen LogP) is 4.50. The van der Waals surface area contributed by atoms with Crippen molar-refractivity contribution in [3.8, 4) is 0 Å². The highest BCUT2D eigenvalue weighted by atomic mass is 16.7. The van der Waals surface area contributed by atoms with E-state index in [0.717, 1.165) is 26.5 Å². The molecule has 212 valence electrons. The van der Waals surface area contributed by atoms with Crippen LogP contribution in [0, 0.1) is 0 Å². The Morgan fingerprint density at radius 1 is 1.05 bits per heavy atom. The molecule has 2 aromatic rings. The number of nitrogens with one attached hydrogen (secondary N) is 2. The summed E-state index contributed by atoms with van der Waals surface area (Å²) in [5.74, 6) is 1.03. The van der Waals surface area contributed by atoms with Crippen LogP contribution in [0.1, 0.15) is 77.8 Å². The molecule has 39 heavy (non-hydrogen) atoms. The van der Waals surface area contributed by atoms with Crippen molar-refractivity contribution in [2.75, 3.05) is 68.5 Å². The highest BCUT2D eigenvalue weighted by Gasteiger charge is 2.73. The van der Waals surface area contributed by atoms with Crippen molar-refractivity contribution >= 4 is 22.7 Å². The third-order valence-electron chi connectivity index (χ3n) is 9.86. The summed E-state index contributed by atoms with van der Waals surface area (Å²) in [4.78, 5) is 8.49. The van der Waals surface area contributed by atoms with Crippen molar-refractivity contribution in [2.45, 2.75) is 82.3 Å². The van der Waals surface area contributed by atoms with Crippen LogP contribution < -0.4 is 20.6 Å². The third kappa shape index (κ3) is 4.03. The smallest absolute Gasteiger partial charge is 0.184 e. The van der Waals surface area contributed by atoms with Crippen LogP contribution in [0.3, 0.4) is 0 Å². The van der Waals surface area contributed by atoms with Gasteiger partial charge in [-0.1, -0.05) is 25.5 Å². The van der Waals surface area contributed by atoms with Gasteiger partial charge >= 0.3 is 0 Å². The Labute approximate surface area is 233 Å². The normalized spacial score (nSPS) is 25.6. The van der Waals surface area contributed by atoms with Crippen LogP contribution in [-0.4, -0.2) is 70.0 Å². The SMILES string of the molecule is CCCc1c2c(cc(C3C4[OH+]C3C4c3cc4c5c(c3NC)CCCN5CCC4)c1N(C)OC)CCCN2.CO. The second-order valence-corrected chi connectivity index (χ2v) is 11.7. The Hall–Kier alpha value is -2.48. The average molecular weight is 536 g/mol. The molecule has 5 aliphatic heterocycles. The lowest BCUT2D eigenvalue weighted by Gasteiger charge is -2.59. The molecule has 0 radical (unpaired) electrons. The van der Waals surface area contributed by atoms with Crippen molar-refractivity contribution < 1.29 is 14.7 Å². The fraction of sp³-hybridized carbons (Fsp3) is 0.625. The van der Waals surface area contributed by atoms with Crippen molar-refractivity contribution in [2.24, 2.45) is 0 Å². The van der Waals surface area contributed by atoms with Gasteiger partial charge in [0.25, 0.3) is 0 Å².